The molecule has 2 amide bonds. The highest BCUT2D eigenvalue weighted by molar-refractivity contribution is 6.05. The van der Waals surface area contributed by atoms with Gasteiger partial charge in [-0.1, -0.05) is 30.4 Å². The quantitative estimate of drug-likeness (QED) is 0.325. The van der Waals surface area contributed by atoms with Crippen LogP contribution in [-0.4, -0.2) is 29.2 Å². The molecule has 1 fully saturated rings. The Hall–Kier alpha value is -3.41. The molecular weight excluding hydrogens is 370 g/mol. The van der Waals surface area contributed by atoms with Crippen molar-refractivity contribution in [1.29, 1.82) is 0 Å². The summed E-state index contributed by atoms with van der Waals surface area (Å²) in [7, 11) is 0. The Morgan fingerprint density at radius 2 is 1.38 bits per heavy atom. The van der Waals surface area contributed by atoms with Crippen molar-refractivity contribution in [2.45, 2.75) is 19.3 Å². The zero-order chi connectivity index (χ0) is 20.2. The van der Waals surface area contributed by atoms with E-state index in [1.165, 1.54) is 4.90 Å². The number of amides is 2. The van der Waals surface area contributed by atoms with Crippen LogP contribution in [-0.2, 0) is 14.4 Å². The topological polar surface area (TPSA) is 72.9 Å². The summed E-state index contributed by atoms with van der Waals surface area (Å²) in [6.45, 7) is 0.0543. The van der Waals surface area contributed by atoms with Gasteiger partial charge < -0.3 is 9.47 Å². The maximum atomic E-state index is 12.4. The smallest absolute Gasteiger partial charge is 0.312 e. The number of hydrogen-bond acceptors (Lipinski definition) is 5. The lowest BCUT2D eigenvalue weighted by atomic mass is 9.85. The molecule has 2 aliphatic rings. The number of esters is 1. The zero-order valence-electron chi connectivity index (χ0n) is 15.8. The van der Waals surface area contributed by atoms with Crippen LogP contribution in [0.4, 0.5) is 0 Å². The van der Waals surface area contributed by atoms with Crippen molar-refractivity contribution in [3.05, 3.63) is 66.7 Å². The molecule has 0 spiro atoms. The normalized spacial score (nSPS) is 20.5. The van der Waals surface area contributed by atoms with E-state index >= 15 is 0 Å². The number of rotatable bonds is 6. The molecule has 6 heteroatoms. The fraction of sp³-hybridized carbons (Fsp3) is 0.261. The molecule has 0 N–H and O–H groups in total. The van der Waals surface area contributed by atoms with E-state index in [2.05, 4.69) is 0 Å². The summed E-state index contributed by atoms with van der Waals surface area (Å²) in [5.41, 5.74) is 0. The van der Waals surface area contributed by atoms with Gasteiger partial charge in [-0.2, -0.15) is 0 Å². The molecule has 2 atom stereocenters. The minimum absolute atomic E-state index is 0.0351. The highest BCUT2D eigenvalue weighted by Crippen LogP contribution is 2.35. The predicted molar refractivity (Wildman–Crippen MR) is 105 cm³/mol. The van der Waals surface area contributed by atoms with Gasteiger partial charge in [-0.25, -0.2) is 0 Å². The first-order valence-electron chi connectivity index (χ1n) is 9.65. The number of hydrogen-bond donors (Lipinski definition) is 0. The average Bonchev–Trinajstić information content (AvgIpc) is 2.99. The van der Waals surface area contributed by atoms with Gasteiger partial charge in [0.05, 0.1) is 18.3 Å². The fourth-order valence-electron chi connectivity index (χ4n) is 3.68. The SMILES string of the molecule is O=C(CCN1C(=O)[C@H]2CC=CC[C@@H]2C1=O)Oc1ccc(Oc2ccccc2)cc1. The largest absolute Gasteiger partial charge is 0.457 e. The van der Waals surface area contributed by atoms with E-state index in [4.69, 9.17) is 9.47 Å². The van der Waals surface area contributed by atoms with Gasteiger partial charge in [0.2, 0.25) is 11.8 Å². The molecular formula is C23H21NO5. The van der Waals surface area contributed by atoms with Crippen molar-refractivity contribution in [2.75, 3.05) is 6.54 Å². The van der Waals surface area contributed by atoms with Crippen LogP contribution in [0, 0.1) is 11.8 Å². The molecule has 1 aliphatic heterocycles. The summed E-state index contributed by atoms with van der Waals surface area (Å²) in [6, 6.07) is 16.1. The second-order valence-corrected chi connectivity index (χ2v) is 7.09. The molecule has 29 heavy (non-hydrogen) atoms. The van der Waals surface area contributed by atoms with Gasteiger partial charge in [0.25, 0.3) is 0 Å². The highest BCUT2D eigenvalue weighted by atomic mass is 16.5. The summed E-state index contributed by atoms with van der Waals surface area (Å²) in [5, 5.41) is 0. The van der Waals surface area contributed by atoms with Crippen molar-refractivity contribution < 1.29 is 23.9 Å². The number of imide groups is 1. The van der Waals surface area contributed by atoms with E-state index < -0.39 is 5.97 Å². The van der Waals surface area contributed by atoms with Crippen LogP contribution in [0.1, 0.15) is 19.3 Å². The third kappa shape index (κ3) is 4.21. The monoisotopic (exact) mass is 391 g/mol. The molecule has 148 valence electrons. The number of benzene rings is 2. The van der Waals surface area contributed by atoms with Crippen molar-refractivity contribution in [3.8, 4) is 17.2 Å². The van der Waals surface area contributed by atoms with Crippen molar-refractivity contribution >= 4 is 17.8 Å². The van der Waals surface area contributed by atoms with Crippen LogP contribution in [0.5, 0.6) is 17.2 Å². The zero-order valence-corrected chi connectivity index (χ0v) is 15.8. The number of carbonyl (C=O) groups excluding carboxylic acids is 3. The van der Waals surface area contributed by atoms with E-state index in [0.29, 0.717) is 30.1 Å². The van der Waals surface area contributed by atoms with Crippen LogP contribution in [0.3, 0.4) is 0 Å². The molecule has 0 unspecified atom stereocenters. The third-order valence-corrected chi connectivity index (χ3v) is 5.17. The van der Waals surface area contributed by atoms with Crippen LogP contribution in [0.15, 0.2) is 66.7 Å². The molecule has 4 rings (SSSR count). The maximum absolute atomic E-state index is 12.4. The summed E-state index contributed by atoms with van der Waals surface area (Å²) >= 11 is 0. The number of likely N-dealkylation sites (tertiary alicyclic amines) is 1. The second-order valence-electron chi connectivity index (χ2n) is 7.09. The summed E-state index contributed by atoms with van der Waals surface area (Å²) in [6.07, 6.45) is 5.03. The summed E-state index contributed by atoms with van der Waals surface area (Å²) in [4.78, 5) is 38.2. The Labute approximate surface area is 168 Å². The first-order chi connectivity index (χ1) is 14.1. The summed E-state index contributed by atoms with van der Waals surface area (Å²) in [5.74, 6) is 0.316. The van der Waals surface area contributed by atoms with E-state index in [0.717, 1.165) is 0 Å². The Balaban J connectivity index is 1.29. The lowest BCUT2D eigenvalue weighted by molar-refractivity contribution is -0.141. The van der Waals surface area contributed by atoms with E-state index in [1.807, 2.05) is 42.5 Å². The standard InChI is InChI=1S/C23H21NO5/c25-21(14-15-24-22(26)19-8-4-5-9-20(19)23(24)27)29-18-12-10-17(11-13-18)28-16-6-2-1-3-7-16/h1-7,10-13,19-20H,8-9,14-15H2/t19-,20-/m0/s1. The maximum Gasteiger partial charge on any atom is 0.312 e. The Bertz CT molecular complexity index is 910. The van der Waals surface area contributed by atoms with Crippen LogP contribution in [0.25, 0.3) is 0 Å². The molecule has 2 aromatic carbocycles. The molecule has 1 heterocycles. The summed E-state index contributed by atoms with van der Waals surface area (Å²) < 4.78 is 11.0. The molecule has 6 nitrogen and oxygen atoms in total. The number of para-hydroxylation sites is 1. The number of carbonyl (C=O) groups is 3. The average molecular weight is 391 g/mol. The number of fused-ring (bicyclic) bond motifs is 1. The first kappa shape index (κ1) is 18.9. The molecule has 1 saturated heterocycles. The van der Waals surface area contributed by atoms with Crippen LogP contribution >= 0.6 is 0 Å². The molecule has 2 aromatic rings. The van der Waals surface area contributed by atoms with Crippen molar-refractivity contribution in [3.63, 3.8) is 0 Å². The number of ether oxygens (including phenoxy) is 2. The predicted octanol–water partition coefficient (Wildman–Crippen LogP) is 3.73. The van der Waals surface area contributed by atoms with E-state index in [-0.39, 0.29) is 36.6 Å². The molecule has 0 radical (unpaired) electrons. The van der Waals surface area contributed by atoms with E-state index in [9.17, 15) is 14.4 Å². The lowest BCUT2D eigenvalue weighted by Gasteiger charge is -2.14. The van der Waals surface area contributed by atoms with Crippen LogP contribution < -0.4 is 9.47 Å². The number of allylic oxidation sites excluding steroid dienone is 2. The molecule has 0 saturated carbocycles. The van der Waals surface area contributed by atoms with Gasteiger partial charge in [0.15, 0.2) is 0 Å². The first-order valence-corrected chi connectivity index (χ1v) is 9.65. The van der Waals surface area contributed by atoms with Gasteiger partial charge in [-0.3, -0.25) is 19.3 Å². The second kappa shape index (κ2) is 8.31. The fourth-order valence-corrected chi connectivity index (χ4v) is 3.68. The minimum Gasteiger partial charge on any atom is -0.457 e. The molecule has 0 bridgehead atoms. The number of nitrogens with zero attached hydrogens (tertiary/aromatic N) is 1. The molecule has 1 aliphatic carbocycles. The van der Waals surface area contributed by atoms with Gasteiger partial charge in [0.1, 0.15) is 17.2 Å². The lowest BCUT2D eigenvalue weighted by Crippen LogP contribution is -2.33. The van der Waals surface area contributed by atoms with Crippen molar-refractivity contribution in [2.24, 2.45) is 11.8 Å². The van der Waals surface area contributed by atoms with Gasteiger partial charge in [0, 0.05) is 6.54 Å². The van der Waals surface area contributed by atoms with Gasteiger partial charge in [-0.15, -0.1) is 0 Å². The van der Waals surface area contributed by atoms with Crippen LogP contribution in [0.2, 0.25) is 0 Å². The highest BCUT2D eigenvalue weighted by Gasteiger charge is 2.46. The minimum atomic E-state index is -0.490. The molecule has 0 aromatic heterocycles. The van der Waals surface area contributed by atoms with Gasteiger partial charge >= 0.3 is 5.97 Å². The Kier molecular flexibility index (Phi) is 5.42. The third-order valence-electron chi connectivity index (χ3n) is 5.17. The Morgan fingerprint density at radius 1 is 0.828 bits per heavy atom. The van der Waals surface area contributed by atoms with E-state index in [1.54, 1.807) is 24.3 Å². The van der Waals surface area contributed by atoms with Gasteiger partial charge in [-0.05, 0) is 49.2 Å². The Morgan fingerprint density at radius 3 is 2.00 bits per heavy atom. The van der Waals surface area contributed by atoms with Crippen molar-refractivity contribution in [1.82, 2.24) is 4.90 Å².